The molecule has 0 saturated carbocycles. The Morgan fingerprint density at radius 1 is 1.44 bits per heavy atom. The third kappa shape index (κ3) is 3.48. The number of nitrogens with zero attached hydrogens (tertiary/aromatic N) is 1. The molecule has 5 heteroatoms. The molecular weight excluding hydrogens is 290 g/mol. The van der Waals surface area contributed by atoms with E-state index >= 15 is 0 Å². The Morgan fingerprint density at radius 2 is 2.06 bits per heavy atom. The highest BCUT2D eigenvalue weighted by Crippen LogP contribution is 2.30. The number of halogens is 1. The van der Waals surface area contributed by atoms with Gasteiger partial charge in [0.2, 0.25) is 5.91 Å². The van der Waals surface area contributed by atoms with Crippen molar-refractivity contribution in [3.05, 3.63) is 0 Å². The Labute approximate surface area is 109 Å². The lowest BCUT2D eigenvalue weighted by Crippen LogP contribution is -2.44. The van der Waals surface area contributed by atoms with Crippen LogP contribution < -0.4 is 0 Å². The lowest BCUT2D eigenvalue weighted by molar-refractivity contribution is -0.128. The van der Waals surface area contributed by atoms with E-state index in [1.165, 1.54) is 16.7 Å². The van der Waals surface area contributed by atoms with E-state index in [0.717, 1.165) is 5.33 Å². The molecule has 1 atom stereocenters. The van der Waals surface area contributed by atoms with E-state index in [2.05, 4.69) is 36.7 Å². The van der Waals surface area contributed by atoms with Gasteiger partial charge in [-0.05, 0) is 11.3 Å². The van der Waals surface area contributed by atoms with Crippen molar-refractivity contribution in [3.63, 3.8) is 0 Å². The zero-order valence-corrected chi connectivity index (χ0v) is 12.4. The summed E-state index contributed by atoms with van der Waals surface area (Å²) in [6.07, 6.45) is 0.482. The lowest BCUT2D eigenvalue weighted by Gasteiger charge is -2.34. The maximum absolute atomic E-state index is 11.7. The molecule has 0 aromatic heterocycles. The van der Waals surface area contributed by atoms with Crippen LogP contribution in [0.3, 0.4) is 0 Å². The molecule has 1 heterocycles. The van der Waals surface area contributed by atoms with Gasteiger partial charge in [0.1, 0.15) is 0 Å². The summed E-state index contributed by atoms with van der Waals surface area (Å²) in [5.41, 5.74) is 0.0895. The van der Waals surface area contributed by atoms with Gasteiger partial charge in [-0.2, -0.15) is 0 Å². The summed E-state index contributed by atoms with van der Waals surface area (Å²) in [7, 11) is 0. The molecule has 0 spiro atoms. The van der Waals surface area contributed by atoms with E-state index < -0.39 is 0 Å². The van der Waals surface area contributed by atoms with Crippen LogP contribution in [-0.4, -0.2) is 33.7 Å². The highest BCUT2D eigenvalue weighted by molar-refractivity contribution is 9.09. The largest absolute Gasteiger partial charge is 0.288 e. The van der Waals surface area contributed by atoms with Crippen molar-refractivity contribution in [3.8, 4) is 0 Å². The highest BCUT2D eigenvalue weighted by Gasteiger charge is 2.32. The molecule has 1 aliphatic rings. The van der Waals surface area contributed by atoms with Crippen LogP contribution in [0.25, 0.3) is 0 Å². The van der Waals surface area contributed by atoms with Gasteiger partial charge >= 0.3 is 0 Å². The number of amides is 2. The number of hydrogen-bond donors (Lipinski definition) is 0. The van der Waals surface area contributed by atoms with Crippen molar-refractivity contribution in [2.45, 2.75) is 27.2 Å². The normalized spacial score (nSPS) is 20.1. The van der Waals surface area contributed by atoms with E-state index in [-0.39, 0.29) is 16.6 Å². The number of carbonyl (C=O) groups excluding carboxylic acids is 2. The minimum absolute atomic E-state index is 0.0287. The molecule has 1 fully saturated rings. The minimum Gasteiger partial charge on any atom is -0.274 e. The van der Waals surface area contributed by atoms with Crippen molar-refractivity contribution in [2.75, 3.05) is 17.6 Å². The number of hydrogen-bond acceptors (Lipinski definition) is 3. The first kappa shape index (κ1) is 14.0. The molecule has 0 bridgehead atoms. The van der Waals surface area contributed by atoms with E-state index in [4.69, 9.17) is 0 Å². The molecule has 2 amide bonds. The van der Waals surface area contributed by atoms with Crippen molar-refractivity contribution in [1.29, 1.82) is 0 Å². The van der Waals surface area contributed by atoms with E-state index in [9.17, 15) is 9.59 Å². The zero-order chi connectivity index (χ0) is 12.3. The van der Waals surface area contributed by atoms with Crippen LogP contribution >= 0.6 is 27.7 Å². The van der Waals surface area contributed by atoms with Gasteiger partial charge in [-0.1, -0.05) is 48.5 Å². The van der Waals surface area contributed by atoms with Gasteiger partial charge in [0, 0.05) is 24.0 Å². The molecule has 16 heavy (non-hydrogen) atoms. The summed E-state index contributed by atoms with van der Waals surface area (Å²) < 4.78 is 0. The summed E-state index contributed by atoms with van der Waals surface area (Å²) in [4.78, 5) is 24.7. The second-order valence-electron chi connectivity index (χ2n) is 5.09. The first-order valence-corrected chi connectivity index (χ1v) is 7.50. The van der Waals surface area contributed by atoms with Crippen LogP contribution in [0.1, 0.15) is 27.2 Å². The SMILES string of the molecule is CC(C)(C)C(CBr)CN1C(=O)CCSC1=O. The Morgan fingerprint density at radius 3 is 2.50 bits per heavy atom. The molecule has 0 aromatic rings. The molecule has 1 aliphatic heterocycles. The standard InChI is InChI=1S/C11H18BrNO2S/c1-11(2,3)8(6-12)7-13-9(14)4-5-16-10(13)15/h8H,4-7H2,1-3H3. The van der Waals surface area contributed by atoms with Crippen molar-refractivity contribution in [2.24, 2.45) is 11.3 Å². The van der Waals surface area contributed by atoms with Crippen LogP contribution in [0.2, 0.25) is 0 Å². The van der Waals surface area contributed by atoms with Gasteiger partial charge in [0.15, 0.2) is 0 Å². The second-order valence-corrected chi connectivity index (χ2v) is 6.78. The van der Waals surface area contributed by atoms with Gasteiger partial charge in [-0.15, -0.1) is 0 Å². The van der Waals surface area contributed by atoms with E-state index in [0.29, 0.717) is 24.6 Å². The fourth-order valence-corrected chi connectivity index (χ4v) is 3.45. The number of rotatable bonds is 3. The zero-order valence-electron chi connectivity index (χ0n) is 9.96. The molecule has 0 aliphatic carbocycles. The Balaban J connectivity index is 2.70. The fraction of sp³-hybridized carbons (Fsp3) is 0.818. The van der Waals surface area contributed by atoms with Crippen LogP contribution in [0.5, 0.6) is 0 Å². The smallest absolute Gasteiger partial charge is 0.274 e. The third-order valence-corrected chi connectivity index (χ3v) is 4.53. The predicted molar refractivity (Wildman–Crippen MR) is 70.9 cm³/mol. The van der Waals surface area contributed by atoms with Gasteiger partial charge < -0.3 is 0 Å². The fourth-order valence-electron chi connectivity index (χ4n) is 1.49. The Kier molecular flexibility index (Phi) is 4.86. The second kappa shape index (κ2) is 5.54. The average Bonchev–Trinajstić information content (AvgIpc) is 2.15. The number of imide groups is 1. The molecule has 0 aromatic carbocycles. The van der Waals surface area contributed by atoms with Crippen LogP contribution in [0.15, 0.2) is 0 Å². The molecule has 0 N–H and O–H groups in total. The van der Waals surface area contributed by atoms with E-state index in [1.807, 2.05) is 0 Å². The van der Waals surface area contributed by atoms with Gasteiger partial charge in [0.25, 0.3) is 5.24 Å². The first-order valence-electron chi connectivity index (χ1n) is 5.39. The molecule has 1 rings (SSSR count). The maximum atomic E-state index is 11.7. The van der Waals surface area contributed by atoms with Crippen LogP contribution in [0, 0.1) is 11.3 Å². The molecule has 1 unspecified atom stereocenters. The lowest BCUT2D eigenvalue weighted by atomic mass is 9.82. The highest BCUT2D eigenvalue weighted by atomic mass is 79.9. The summed E-state index contributed by atoms with van der Waals surface area (Å²) >= 11 is 4.71. The molecule has 0 radical (unpaired) electrons. The Hall–Kier alpha value is -0.0300. The number of thioether (sulfide) groups is 1. The minimum atomic E-state index is -0.0912. The summed E-state index contributed by atoms with van der Waals surface area (Å²) in [6, 6.07) is 0. The first-order chi connectivity index (χ1) is 7.36. The average molecular weight is 308 g/mol. The van der Waals surface area contributed by atoms with Crippen LogP contribution in [0.4, 0.5) is 4.79 Å². The summed E-state index contributed by atoms with van der Waals surface area (Å²) in [6.45, 7) is 6.92. The van der Waals surface area contributed by atoms with Crippen molar-refractivity contribution >= 4 is 38.8 Å². The van der Waals surface area contributed by atoms with Gasteiger partial charge in [0.05, 0.1) is 0 Å². The van der Waals surface area contributed by atoms with Crippen molar-refractivity contribution < 1.29 is 9.59 Å². The third-order valence-electron chi connectivity index (χ3n) is 2.88. The van der Waals surface area contributed by atoms with E-state index in [1.54, 1.807) is 0 Å². The molecule has 92 valence electrons. The van der Waals surface area contributed by atoms with Crippen LogP contribution in [-0.2, 0) is 4.79 Å². The van der Waals surface area contributed by atoms with Crippen molar-refractivity contribution in [1.82, 2.24) is 4.90 Å². The summed E-state index contributed by atoms with van der Waals surface area (Å²) in [5, 5.41) is 0.713. The summed E-state index contributed by atoms with van der Waals surface area (Å²) in [5.74, 6) is 0.890. The predicted octanol–water partition coefficient (Wildman–Crippen LogP) is 3.13. The molecular formula is C11H18BrNO2S. The quantitative estimate of drug-likeness (QED) is 0.752. The number of carbonyl (C=O) groups is 2. The molecule has 1 saturated heterocycles. The maximum Gasteiger partial charge on any atom is 0.288 e. The monoisotopic (exact) mass is 307 g/mol. The topological polar surface area (TPSA) is 37.4 Å². The van der Waals surface area contributed by atoms with Gasteiger partial charge in [-0.25, -0.2) is 0 Å². The number of alkyl halides is 1. The Bertz CT molecular complexity index is 272. The van der Waals surface area contributed by atoms with Gasteiger partial charge in [-0.3, -0.25) is 14.5 Å². The molecule has 3 nitrogen and oxygen atoms in total.